The van der Waals surface area contributed by atoms with Crippen molar-refractivity contribution in [3.63, 3.8) is 0 Å². The van der Waals surface area contributed by atoms with E-state index in [1.807, 2.05) is 38.2 Å². The summed E-state index contributed by atoms with van der Waals surface area (Å²) in [5, 5.41) is 0.911. The Morgan fingerprint density at radius 2 is 1.96 bits per heavy atom. The van der Waals surface area contributed by atoms with Crippen LogP contribution in [0.15, 0.2) is 48.8 Å². The molecular formula is C20H21N3O3S. The molecule has 0 saturated heterocycles. The predicted molar refractivity (Wildman–Crippen MR) is 110 cm³/mol. The van der Waals surface area contributed by atoms with Crippen molar-refractivity contribution in [2.45, 2.75) is 20.8 Å². The van der Waals surface area contributed by atoms with Crippen LogP contribution < -0.4 is 10.0 Å². The third-order valence-electron chi connectivity index (χ3n) is 4.58. The summed E-state index contributed by atoms with van der Waals surface area (Å²) in [4.78, 5) is 14.9. The van der Waals surface area contributed by atoms with E-state index in [-0.39, 0.29) is 0 Å². The molecule has 1 heterocycles. The Bertz CT molecular complexity index is 1090. The number of benzene rings is 2. The van der Waals surface area contributed by atoms with Crippen molar-refractivity contribution in [2.24, 2.45) is 5.73 Å². The highest BCUT2D eigenvalue weighted by atomic mass is 32.2. The van der Waals surface area contributed by atoms with Gasteiger partial charge in [0, 0.05) is 17.8 Å². The Morgan fingerprint density at radius 1 is 1.22 bits per heavy atom. The zero-order chi connectivity index (χ0) is 19.7. The SMILES string of the molecule is CC=CN(c1cccc(-c2ccc(C(N)=O)c3[nH]cc(C)c23)c1C)S(=O)O. The molecule has 1 unspecified atom stereocenters. The van der Waals surface area contributed by atoms with Gasteiger partial charge in [0.15, 0.2) is 0 Å². The summed E-state index contributed by atoms with van der Waals surface area (Å²) < 4.78 is 22.7. The fourth-order valence-electron chi connectivity index (χ4n) is 3.35. The molecule has 0 spiro atoms. The number of hydrogen-bond acceptors (Lipinski definition) is 2. The lowest BCUT2D eigenvalue weighted by atomic mass is 9.93. The van der Waals surface area contributed by atoms with Gasteiger partial charge in [0.2, 0.25) is 0 Å². The molecule has 0 bridgehead atoms. The molecule has 0 radical (unpaired) electrons. The Labute approximate surface area is 160 Å². The molecule has 2 aromatic carbocycles. The lowest BCUT2D eigenvalue weighted by molar-refractivity contribution is 0.100. The zero-order valence-corrected chi connectivity index (χ0v) is 16.1. The van der Waals surface area contributed by atoms with Gasteiger partial charge in [-0.25, -0.2) is 8.51 Å². The van der Waals surface area contributed by atoms with Gasteiger partial charge in [-0.15, -0.1) is 0 Å². The Balaban J connectivity index is 2.29. The van der Waals surface area contributed by atoms with Gasteiger partial charge >= 0.3 is 0 Å². The summed E-state index contributed by atoms with van der Waals surface area (Å²) in [6.07, 6.45) is 5.11. The van der Waals surface area contributed by atoms with Gasteiger partial charge in [-0.05, 0) is 55.2 Å². The molecule has 0 aliphatic carbocycles. The number of nitrogens with two attached hydrogens (primary N) is 1. The van der Waals surface area contributed by atoms with Gasteiger partial charge in [0.25, 0.3) is 17.2 Å². The van der Waals surface area contributed by atoms with Crippen LogP contribution in [0.5, 0.6) is 0 Å². The number of aryl methyl sites for hydroxylation is 1. The molecule has 3 aromatic rings. The van der Waals surface area contributed by atoms with Crippen molar-refractivity contribution < 1.29 is 13.6 Å². The largest absolute Gasteiger partial charge is 0.366 e. The summed E-state index contributed by atoms with van der Waals surface area (Å²) in [7, 11) is 0. The molecule has 3 rings (SSSR count). The van der Waals surface area contributed by atoms with Crippen LogP contribution in [0.1, 0.15) is 28.4 Å². The molecule has 27 heavy (non-hydrogen) atoms. The van der Waals surface area contributed by atoms with E-state index in [1.165, 1.54) is 4.31 Å². The Morgan fingerprint density at radius 3 is 2.59 bits per heavy atom. The molecule has 1 atom stereocenters. The van der Waals surface area contributed by atoms with Crippen LogP contribution in [0.2, 0.25) is 0 Å². The molecule has 7 heteroatoms. The van der Waals surface area contributed by atoms with Gasteiger partial charge < -0.3 is 10.7 Å². The molecule has 4 N–H and O–H groups in total. The first-order valence-corrected chi connectivity index (χ1v) is 9.46. The average Bonchev–Trinajstić information content (AvgIpc) is 3.01. The van der Waals surface area contributed by atoms with Crippen LogP contribution in [-0.2, 0) is 11.3 Å². The molecule has 0 aliphatic heterocycles. The topological polar surface area (TPSA) is 99.4 Å². The maximum Gasteiger partial charge on any atom is 0.266 e. The van der Waals surface area contributed by atoms with Crippen LogP contribution in [0.3, 0.4) is 0 Å². The molecular weight excluding hydrogens is 362 g/mol. The van der Waals surface area contributed by atoms with Crippen molar-refractivity contribution >= 4 is 33.8 Å². The number of hydrogen-bond donors (Lipinski definition) is 3. The highest BCUT2D eigenvalue weighted by Crippen LogP contribution is 2.37. The summed E-state index contributed by atoms with van der Waals surface area (Å²) >= 11 is -2.18. The van der Waals surface area contributed by atoms with Gasteiger partial charge in [-0.1, -0.05) is 24.3 Å². The first-order valence-electron chi connectivity index (χ1n) is 8.40. The number of rotatable bonds is 5. The maximum atomic E-state index is 11.8. The number of aromatic nitrogens is 1. The van der Waals surface area contributed by atoms with Gasteiger partial charge in [0.05, 0.1) is 16.8 Å². The van der Waals surface area contributed by atoms with E-state index in [0.29, 0.717) is 16.8 Å². The Hall–Kier alpha value is -2.90. The van der Waals surface area contributed by atoms with Crippen LogP contribution in [0.4, 0.5) is 5.69 Å². The quantitative estimate of drug-likeness (QED) is 0.580. The van der Waals surface area contributed by atoms with Crippen molar-refractivity contribution in [1.82, 2.24) is 4.98 Å². The lowest BCUT2D eigenvalue weighted by Gasteiger charge is -2.20. The summed E-state index contributed by atoms with van der Waals surface area (Å²) in [6, 6.07) is 9.17. The van der Waals surface area contributed by atoms with E-state index in [1.54, 1.807) is 31.3 Å². The number of nitrogens with zero attached hydrogens (tertiary/aromatic N) is 1. The summed E-state index contributed by atoms with van der Waals surface area (Å²) in [6.45, 7) is 5.65. The minimum absolute atomic E-state index is 0.433. The molecule has 140 valence electrons. The normalized spacial score (nSPS) is 12.6. The van der Waals surface area contributed by atoms with Crippen molar-refractivity contribution in [3.8, 4) is 11.1 Å². The third-order valence-corrected chi connectivity index (χ3v) is 5.24. The fraction of sp³-hybridized carbons (Fsp3) is 0.150. The number of carbonyl (C=O) groups is 1. The molecule has 0 saturated carbocycles. The molecule has 6 nitrogen and oxygen atoms in total. The number of aromatic amines is 1. The van der Waals surface area contributed by atoms with Crippen LogP contribution in [0.25, 0.3) is 22.0 Å². The minimum Gasteiger partial charge on any atom is -0.366 e. The number of fused-ring (bicyclic) bond motifs is 1. The molecule has 0 aliphatic rings. The summed E-state index contributed by atoms with van der Waals surface area (Å²) in [5.74, 6) is -0.492. The van der Waals surface area contributed by atoms with Crippen LogP contribution in [-0.4, -0.2) is 19.7 Å². The number of carbonyl (C=O) groups excluding carboxylic acids is 1. The predicted octanol–water partition coefficient (Wildman–Crippen LogP) is 4.03. The highest BCUT2D eigenvalue weighted by molar-refractivity contribution is 7.80. The highest BCUT2D eigenvalue weighted by Gasteiger charge is 2.19. The first-order chi connectivity index (χ1) is 12.9. The molecule has 1 amide bonds. The second-order valence-corrected chi connectivity index (χ2v) is 7.09. The average molecular weight is 383 g/mol. The number of allylic oxidation sites excluding steroid dienone is 1. The monoisotopic (exact) mass is 383 g/mol. The maximum absolute atomic E-state index is 11.8. The van der Waals surface area contributed by atoms with E-state index in [9.17, 15) is 13.6 Å². The third kappa shape index (κ3) is 3.27. The van der Waals surface area contributed by atoms with Crippen molar-refractivity contribution in [3.05, 3.63) is 65.5 Å². The second-order valence-electron chi connectivity index (χ2n) is 6.24. The number of H-pyrrole nitrogens is 1. The fourth-order valence-corrected chi connectivity index (χ4v) is 3.94. The number of amides is 1. The van der Waals surface area contributed by atoms with Crippen LogP contribution in [0, 0.1) is 13.8 Å². The smallest absolute Gasteiger partial charge is 0.266 e. The second kappa shape index (κ2) is 7.38. The Kier molecular flexibility index (Phi) is 5.16. The summed E-state index contributed by atoms with van der Waals surface area (Å²) in [5.41, 5.74) is 10.9. The van der Waals surface area contributed by atoms with Crippen LogP contribution >= 0.6 is 0 Å². The van der Waals surface area contributed by atoms with Crippen molar-refractivity contribution in [2.75, 3.05) is 4.31 Å². The van der Waals surface area contributed by atoms with E-state index in [4.69, 9.17) is 5.73 Å². The standard InChI is InChI=1S/C20H21N3O3S/c1-4-10-23(27(25)26)17-7-5-6-14(13(17)3)15-8-9-16(20(21)24)19-18(15)12(2)11-22-19/h4-11,22H,1-3H3,(H2,21,24)(H,25,26). The zero-order valence-electron chi connectivity index (χ0n) is 15.3. The number of primary amides is 1. The number of nitrogens with one attached hydrogen (secondary N) is 1. The van der Waals surface area contributed by atoms with Crippen molar-refractivity contribution in [1.29, 1.82) is 0 Å². The first kappa shape index (κ1) is 18.9. The van der Waals surface area contributed by atoms with E-state index in [2.05, 4.69) is 4.98 Å². The van der Waals surface area contributed by atoms with Gasteiger partial charge in [-0.2, -0.15) is 0 Å². The van der Waals surface area contributed by atoms with Gasteiger partial charge in [-0.3, -0.25) is 9.35 Å². The van der Waals surface area contributed by atoms with Gasteiger partial charge in [0.1, 0.15) is 0 Å². The molecule has 0 fully saturated rings. The van der Waals surface area contributed by atoms with E-state index >= 15 is 0 Å². The lowest BCUT2D eigenvalue weighted by Crippen LogP contribution is -2.19. The molecule has 1 aromatic heterocycles. The van der Waals surface area contributed by atoms with E-state index in [0.717, 1.165) is 27.6 Å². The minimum atomic E-state index is -2.18. The number of anilines is 1. The van der Waals surface area contributed by atoms with E-state index < -0.39 is 17.2 Å².